The summed E-state index contributed by atoms with van der Waals surface area (Å²) in [7, 11) is 0. The van der Waals surface area contributed by atoms with Gasteiger partial charge in [-0.25, -0.2) is 4.98 Å². The van der Waals surface area contributed by atoms with Crippen LogP contribution < -0.4 is 5.73 Å². The van der Waals surface area contributed by atoms with Crippen molar-refractivity contribution < 1.29 is 0 Å². The first-order valence-corrected chi connectivity index (χ1v) is 8.68. The molecule has 0 aliphatic heterocycles. The van der Waals surface area contributed by atoms with Crippen molar-refractivity contribution in [1.29, 1.82) is 0 Å². The largest absolute Gasteiger partial charge is 0.319 e. The lowest BCUT2D eigenvalue weighted by molar-refractivity contribution is 0.238. The van der Waals surface area contributed by atoms with Gasteiger partial charge in [0.15, 0.2) is 0 Å². The normalized spacial score (nSPS) is 26.0. The van der Waals surface area contributed by atoms with Gasteiger partial charge >= 0.3 is 0 Å². The average molecular weight is 300 g/mol. The number of hydrogen-bond donors (Lipinski definition) is 1. The van der Waals surface area contributed by atoms with E-state index in [0.717, 1.165) is 23.5 Å². The molecule has 21 heavy (non-hydrogen) atoms. The predicted molar refractivity (Wildman–Crippen MR) is 90.5 cm³/mol. The van der Waals surface area contributed by atoms with Crippen molar-refractivity contribution in [3.8, 4) is 11.3 Å². The average Bonchev–Trinajstić information content (AvgIpc) is 2.91. The van der Waals surface area contributed by atoms with Crippen LogP contribution in [0.3, 0.4) is 0 Å². The molecule has 0 saturated heterocycles. The molecule has 112 valence electrons. The molecule has 1 heterocycles. The Bertz CT molecular complexity index is 646. The Morgan fingerprint density at radius 1 is 1.33 bits per heavy atom. The first-order valence-electron chi connectivity index (χ1n) is 7.80. The molecule has 3 rings (SSSR count). The number of thiazole rings is 1. The summed E-state index contributed by atoms with van der Waals surface area (Å²) >= 11 is 1.73. The van der Waals surface area contributed by atoms with Gasteiger partial charge in [0.05, 0.1) is 11.2 Å². The zero-order valence-corrected chi connectivity index (χ0v) is 14.0. The van der Waals surface area contributed by atoms with E-state index in [2.05, 4.69) is 44.4 Å². The third-order valence-corrected chi connectivity index (χ3v) is 5.69. The quantitative estimate of drug-likeness (QED) is 0.866. The summed E-state index contributed by atoms with van der Waals surface area (Å²) in [6.07, 6.45) is 4.65. The van der Waals surface area contributed by atoms with Gasteiger partial charge in [0, 0.05) is 10.9 Å². The van der Waals surface area contributed by atoms with Crippen LogP contribution in [-0.2, 0) is 5.54 Å². The summed E-state index contributed by atoms with van der Waals surface area (Å²) in [4.78, 5) is 4.91. The van der Waals surface area contributed by atoms with Gasteiger partial charge in [-0.3, -0.25) is 0 Å². The van der Waals surface area contributed by atoms with Crippen molar-refractivity contribution in [3.63, 3.8) is 0 Å². The third kappa shape index (κ3) is 2.90. The smallest absolute Gasteiger partial charge is 0.113 e. The molecule has 2 atom stereocenters. The number of nitrogens with two attached hydrogens (primary N) is 1. The highest BCUT2D eigenvalue weighted by molar-refractivity contribution is 7.10. The molecule has 2 N–H and O–H groups in total. The number of nitrogens with zero attached hydrogens (tertiary/aromatic N) is 1. The Hall–Kier alpha value is -1.19. The van der Waals surface area contributed by atoms with Crippen molar-refractivity contribution in [2.45, 2.75) is 52.0 Å². The summed E-state index contributed by atoms with van der Waals surface area (Å²) in [6.45, 7) is 6.58. The van der Waals surface area contributed by atoms with Crippen molar-refractivity contribution in [2.75, 3.05) is 0 Å². The Labute approximate surface area is 131 Å². The maximum Gasteiger partial charge on any atom is 0.113 e. The van der Waals surface area contributed by atoms with Crippen LogP contribution in [0.2, 0.25) is 0 Å². The van der Waals surface area contributed by atoms with Crippen LogP contribution >= 0.6 is 11.3 Å². The zero-order chi connectivity index (χ0) is 15.0. The standard InChI is InChI=1S/C18H24N2S/c1-12-6-7-14(3)15(9-12)16-11-21-17(20-16)18(19)8-4-5-13(2)10-18/h6-7,9,11,13H,4-5,8,10,19H2,1-3H3. The van der Waals surface area contributed by atoms with Crippen LogP contribution in [0.25, 0.3) is 11.3 Å². The van der Waals surface area contributed by atoms with E-state index >= 15 is 0 Å². The highest BCUT2D eigenvalue weighted by atomic mass is 32.1. The molecule has 0 radical (unpaired) electrons. The van der Waals surface area contributed by atoms with Gasteiger partial charge in [0.2, 0.25) is 0 Å². The van der Waals surface area contributed by atoms with Crippen LogP contribution in [0.5, 0.6) is 0 Å². The van der Waals surface area contributed by atoms with Gasteiger partial charge in [-0.05, 0) is 44.2 Å². The van der Waals surface area contributed by atoms with Crippen molar-refractivity contribution >= 4 is 11.3 Å². The summed E-state index contributed by atoms with van der Waals surface area (Å²) in [5, 5.41) is 3.29. The summed E-state index contributed by atoms with van der Waals surface area (Å²) < 4.78 is 0. The lowest BCUT2D eigenvalue weighted by Gasteiger charge is -2.35. The van der Waals surface area contributed by atoms with Gasteiger partial charge in [0.25, 0.3) is 0 Å². The second-order valence-electron chi connectivity index (χ2n) is 6.71. The monoisotopic (exact) mass is 300 g/mol. The fourth-order valence-corrected chi connectivity index (χ4v) is 4.40. The van der Waals surface area contributed by atoms with Gasteiger partial charge in [-0.1, -0.05) is 37.5 Å². The maximum absolute atomic E-state index is 6.68. The molecule has 0 amide bonds. The Morgan fingerprint density at radius 3 is 2.90 bits per heavy atom. The Kier molecular flexibility index (Phi) is 3.89. The molecule has 0 spiro atoms. The van der Waals surface area contributed by atoms with E-state index in [4.69, 9.17) is 10.7 Å². The van der Waals surface area contributed by atoms with Crippen LogP contribution in [0, 0.1) is 19.8 Å². The fourth-order valence-electron chi connectivity index (χ4n) is 3.42. The molecule has 3 heteroatoms. The van der Waals surface area contributed by atoms with E-state index < -0.39 is 0 Å². The van der Waals surface area contributed by atoms with Gasteiger partial charge in [-0.2, -0.15) is 0 Å². The second-order valence-corrected chi connectivity index (χ2v) is 7.57. The van der Waals surface area contributed by atoms with Crippen LogP contribution in [0.4, 0.5) is 0 Å². The molecule has 1 fully saturated rings. The van der Waals surface area contributed by atoms with E-state index in [1.54, 1.807) is 11.3 Å². The van der Waals surface area contributed by atoms with E-state index in [0.29, 0.717) is 5.92 Å². The SMILES string of the molecule is Cc1ccc(C)c(-c2csc(C3(N)CCCC(C)C3)n2)c1. The van der Waals surface area contributed by atoms with Crippen molar-refractivity contribution in [3.05, 3.63) is 39.7 Å². The lowest BCUT2D eigenvalue weighted by Crippen LogP contribution is -2.40. The second kappa shape index (κ2) is 5.54. The third-order valence-electron chi connectivity index (χ3n) is 4.63. The fraction of sp³-hybridized carbons (Fsp3) is 0.500. The van der Waals surface area contributed by atoms with Crippen LogP contribution in [0.1, 0.15) is 48.7 Å². The number of aryl methyl sites for hydroxylation is 2. The summed E-state index contributed by atoms with van der Waals surface area (Å²) in [5.41, 5.74) is 11.3. The van der Waals surface area contributed by atoms with Crippen molar-refractivity contribution in [2.24, 2.45) is 11.7 Å². The molecule has 1 aromatic carbocycles. The van der Waals surface area contributed by atoms with Gasteiger partial charge in [0.1, 0.15) is 5.01 Å². The molecular weight excluding hydrogens is 276 g/mol. The molecule has 1 aliphatic rings. The lowest BCUT2D eigenvalue weighted by atomic mass is 9.77. The van der Waals surface area contributed by atoms with E-state index in [9.17, 15) is 0 Å². The Morgan fingerprint density at radius 2 is 2.14 bits per heavy atom. The first kappa shape index (κ1) is 14.7. The highest BCUT2D eigenvalue weighted by Gasteiger charge is 2.35. The molecule has 2 aromatic rings. The molecule has 1 aromatic heterocycles. The zero-order valence-electron chi connectivity index (χ0n) is 13.1. The van der Waals surface area contributed by atoms with Gasteiger partial charge < -0.3 is 5.73 Å². The van der Waals surface area contributed by atoms with E-state index in [1.165, 1.54) is 29.5 Å². The summed E-state index contributed by atoms with van der Waals surface area (Å²) in [6, 6.07) is 6.55. The van der Waals surface area contributed by atoms with Crippen LogP contribution in [-0.4, -0.2) is 4.98 Å². The molecule has 1 aliphatic carbocycles. The topological polar surface area (TPSA) is 38.9 Å². The summed E-state index contributed by atoms with van der Waals surface area (Å²) in [5.74, 6) is 0.705. The number of hydrogen-bond acceptors (Lipinski definition) is 3. The Balaban J connectivity index is 1.94. The molecule has 1 saturated carbocycles. The minimum Gasteiger partial charge on any atom is -0.319 e. The van der Waals surface area contributed by atoms with Crippen LogP contribution in [0.15, 0.2) is 23.6 Å². The van der Waals surface area contributed by atoms with Gasteiger partial charge in [-0.15, -0.1) is 11.3 Å². The highest BCUT2D eigenvalue weighted by Crippen LogP contribution is 2.40. The molecule has 0 bridgehead atoms. The number of rotatable bonds is 2. The first-order chi connectivity index (χ1) is 9.98. The minimum atomic E-state index is -0.210. The minimum absolute atomic E-state index is 0.210. The molecule has 2 nitrogen and oxygen atoms in total. The molecule has 2 unspecified atom stereocenters. The van der Waals surface area contributed by atoms with E-state index in [1.807, 2.05) is 0 Å². The maximum atomic E-state index is 6.68. The van der Waals surface area contributed by atoms with E-state index in [-0.39, 0.29) is 5.54 Å². The molecular formula is C18H24N2S. The number of benzene rings is 1. The van der Waals surface area contributed by atoms with Crippen molar-refractivity contribution in [1.82, 2.24) is 4.98 Å². The number of aromatic nitrogens is 1. The predicted octanol–water partition coefficient (Wildman–Crippen LogP) is 4.79.